The summed E-state index contributed by atoms with van der Waals surface area (Å²) in [6.07, 6.45) is 1.83. The average Bonchev–Trinajstić information content (AvgIpc) is 2.65. The zero-order valence-corrected chi connectivity index (χ0v) is 17.1. The number of carbonyl (C=O) groups excluding carboxylic acids is 1. The molecule has 0 aliphatic carbocycles. The molecule has 1 aliphatic heterocycles. The van der Waals surface area contributed by atoms with Crippen LogP contribution in [0, 0.1) is 12.8 Å². The predicted molar refractivity (Wildman–Crippen MR) is 111 cm³/mol. The number of carbonyl (C=O) groups is 1. The van der Waals surface area contributed by atoms with Gasteiger partial charge >= 0.3 is 0 Å². The van der Waals surface area contributed by atoms with Crippen molar-refractivity contribution in [3.63, 3.8) is 0 Å². The van der Waals surface area contributed by atoms with E-state index in [1.165, 1.54) is 0 Å². The van der Waals surface area contributed by atoms with Crippen molar-refractivity contribution in [2.45, 2.75) is 26.3 Å². The van der Waals surface area contributed by atoms with E-state index in [0.29, 0.717) is 34.6 Å². The summed E-state index contributed by atoms with van der Waals surface area (Å²) in [4.78, 5) is 15.1. The Balaban J connectivity index is 1.67. The van der Waals surface area contributed by atoms with Crippen molar-refractivity contribution in [3.8, 4) is 5.75 Å². The highest BCUT2D eigenvalue weighted by molar-refractivity contribution is 6.35. The average molecular weight is 407 g/mol. The van der Waals surface area contributed by atoms with Crippen LogP contribution in [-0.2, 0) is 11.3 Å². The number of likely N-dealkylation sites (tertiary alicyclic amines) is 1. The smallest absolute Gasteiger partial charge is 0.228 e. The van der Waals surface area contributed by atoms with Crippen molar-refractivity contribution in [2.75, 3.05) is 25.5 Å². The zero-order chi connectivity index (χ0) is 19.4. The number of methoxy groups -OCH3 is 1. The number of aryl methyl sites for hydroxylation is 1. The van der Waals surface area contributed by atoms with Gasteiger partial charge in [0.2, 0.25) is 5.91 Å². The van der Waals surface area contributed by atoms with E-state index in [4.69, 9.17) is 27.9 Å². The number of hydrogen-bond acceptors (Lipinski definition) is 3. The van der Waals surface area contributed by atoms with E-state index in [2.05, 4.69) is 10.2 Å². The molecule has 0 radical (unpaired) electrons. The number of piperidine rings is 1. The van der Waals surface area contributed by atoms with Crippen LogP contribution in [0.15, 0.2) is 36.4 Å². The fourth-order valence-electron chi connectivity index (χ4n) is 3.47. The summed E-state index contributed by atoms with van der Waals surface area (Å²) in [6.45, 7) is 4.25. The van der Waals surface area contributed by atoms with Gasteiger partial charge in [0.15, 0.2) is 0 Å². The third kappa shape index (κ3) is 4.95. The highest BCUT2D eigenvalue weighted by atomic mass is 35.5. The van der Waals surface area contributed by atoms with E-state index in [9.17, 15) is 4.79 Å². The van der Waals surface area contributed by atoms with Crippen molar-refractivity contribution in [3.05, 3.63) is 57.6 Å². The molecule has 0 spiro atoms. The van der Waals surface area contributed by atoms with Crippen LogP contribution in [-0.4, -0.2) is 31.0 Å². The lowest BCUT2D eigenvalue weighted by molar-refractivity contribution is -0.121. The number of benzene rings is 2. The summed E-state index contributed by atoms with van der Waals surface area (Å²) >= 11 is 12.6. The summed E-state index contributed by atoms with van der Waals surface area (Å²) in [5.41, 5.74) is 2.71. The quantitative estimate of drug-likeness (QED) is 0.745. The predicted octanol–water partition coefficient (Wildman–Crippen LogP) is 5.16. The van der Waals surface area contributed by atoms with Crippen molar-refractivity contribution in [2.24, 2.45) is 5.92 Å². The fourth-order valence-corrected chi connectivity index (χ4v) is 3.99. The summed E-state index contributed by atoms with van der Waals surface area (Å²) in [5.74, 6) is 0.614. The maximum absolute atomic E-state index is 12.8. The van der Waals surface area contributed by atoms with Crippen LogP contribution in [0.5, 0.6) is 5.75 Å². The SMILES string of the molecule is COc1ccc(C)cc1NC(=O)C1CCCN(Cc2c(Cl)cccc2Cl)C1. The fraction of sp³-hybridized carbons (Fsp3) is 0.381. The topological polar surface area (TPSA) is 41.6 Å². The van der Waals surface area contributed by atoms with E-state index in [1.807, 2.05) is 43.3 Å². The van der Waals surface area contributed by atoms with Gasteiger partial charge in [0.05, 0.1) is 18.7 Å². The van der Waals surface area contributed by atoms with Crippen LogP contribution in [0.2, 0.25) is 10.0 Å². The van der Waals surface area contributed by atoms with Gasteiger partial charge in [-0.05, 0) is 56.1 Å². The summed E-state index contributed by atoms with van der Waals surface area (Å²) in [7, 11) is 1.61. The monoisotopic (exact) mass is 406 g/mol. The van der Waals surface area contributed by atoms with Crippen LogP contribution in [0.3, 0.4) is 0 Å². The van der Waals surface area contributed by atoms with Gasteiger partial charge in [0, 0.05) is 28.7 Å². The molecule has 1 unspecified atom stereocenters. The van der Waals surface area contributed by atoms with Crippen LogP contribution in [0.1, 0.15) is 24.0 Å². The zero-order valence-electron chi connectivity index (χ0n) is 15.6. The lowest BCUT2D eigenvalue weighted by Crippen LogP contribution is -2.40. The molecule has 1 heterocycles. The Bertz CT molecular complexity index is 806. The molecule has 1 aliphatic rings. The first-order valence-electron chi connectivity index (χ1n) is 9.08. The molecule has 144 valence electrons. The normalized spacial score (nSPS) is 17.6. The Morgan fingerprint density at radius 2 is 2.00 bits per heavy atom. The highest BCUT2D eigenvalue weighted by Crippen LogP contribution is 2.29. The number of anilines is 1. The molecule has 1 amide bonds. The molecule has 1 atom stereocenters. The maximum atomic E-state index is 12.8. The minimum Gasteiger partial charge on any atom is -0.495 e. The Labute approximate surface area is 170 Å². The van der Waals surface area contributed by atoms with E-state index >= 15 is 0 Å². The second kappa shape index (κ2) is 8.96. The standard InChI is InChI=1S/C21H24Cl2N2O2/c1-14-8-9-20(27-2)19(11-14)24-21(26)15-5-4-10-25(12-15)13-16-17(22)6-3-7-18(16)23/h3,6-9,11,15H,4-5,10,12-13H2,1-2H3,(H,24,26). The lowest BCUT2D eigenvalue weighted by Gasteiger charge is -2.32. The molecule has 6 heteroatoms. The number of hydrogen-bond donors (Lipinski definition) is 1. The van der Waals surface area contributed by atoms with Gasteiger partial charge in [-0.15, -0.1) is 0 Å². The first-order chi connectivity index (χ1) is 13.0. The molecule has 1 N–H and O–H groups in total. The number of amides is 1. The Morgan fingerprint density at radius 1 is 1.26 bits per heavy atom. The van der Waals surface area contributed by atoms with E-state index in [0.717, 1.165) is 30.5 Å². The molecule has 2 aromatic carbocycles. The minimum atomic E-state index is -0.0785. The van der Waals surface area contributed by atoms with Crippen molar-refractivity contribution in [1.29, 1.82) is 0 Å². The van der Waals surface area contributed by atoms with Gasteiger partial charge in [-0.1, -0.05) is 35.3 Å². The molecular weight excluding hydrogens is 383 g/mol. The third-order valence-electron chi connectivity index (χ3n) is 4.93. The largest absolute Gasteiger partial charge is 0.495 e. The van der Waals surface area contributed by atoms with Crippen LogP contribution in [0.4, 0.5) is 5.69 Å². The molecule has 3 rings (SSSR count). The van der Waals surface area contributed by atoms with Gasteiger partial charge in [-0.3, -0.25) is 9.69 Å². The highest BCUT2D eigenvalue weighted by Gasteiger charge is 2.27. The van der Waals surface area contributed by atoms with Gasteiger partial charge in [-0.2, -0.15) is 0 Å². The van der Waals surface area contributed by atoms with Crippen molar-refractivity contribution < 1.29 is 9.53 Å². The molecule has 1 fully saturated rings. The number of rotatable bonds is 5. The molecule has 1 saturated heterocycles. The van der Waals surface area contributed by atoms with Crippen LogP contribution >= 0.6 is 23.2 Å². The number of ether oxygens (including phenoxy) is 1. The minimum absolute atomic E-state index is 0.0221. The molecule has 2 aromatic rings. The van der Waals surface area contributed by atoms with Gasteiger partial charge in [0.25, 0.3) is 0 Å². The molecule has 4 nitrogen and oxygen atoms in total. The first-order valence-corrected chi connectivity index (χ1v) is 9.84. The Hall–Kier alpha value is -1.75. The number of nitrogens with zero attached hydrogens (tertiary/aromatic N) is 1. The Kier molecular flexibility index (Phi) is 6.64. The second-order valence-corrected chi connectivity index (χ2v) is 7.78. The van der Waals surface area contributed by atoms with E-state index < -0.39 is 0 Å². The van der Waals surface area contributed by atoms with Gasteiger partial charge in [-0.25, -0.2) is 0 Å². The van der Waals surface area contributed by atoms with Gasteiger partial charge < -0.3 is 10.1 Å². The van der Waals surface area contributed by atoms with Crippen molar-refractivity contribution >= 4 is 34.8 Å². The van der Waals surface area contributed by atoms with E-state index in [-0.39, 0.29) is 11.8 Å². The molecule has 27 heavy (non-hydrogen) atoms. The second-order valence-electron chi connectivity index (χ2n) is 6.97. The van der Waals surface area contributed by atoms with Gasteiger partial charge in [0.1, 0.15) is 5.75 Å². The number of halogens is 2. The van der Waals surface area contributed by atoms with Crippen LogP contribution in [0.25, 0.3) is 0 Å². The Morgan fingerprint density at radius 3 is 2.70 bits per heavy atom. The summed E-state index contributed by atoms with van der Waals surface area (Å²) in [5, 5.41) is 4.37. The first kappa shape index (κ1) is 20.0. The lowest BCUT2D eigenvalue weighted by atomic mass is 9.96. The van der Waals surface area contributed by atoms with Crippen molar-refractivity contribution in [1.82, 2.24) is 4.90 Å². The third-order valence-corrected chi connectivity index (χ3v) is 5.64. The number of nitrogens with one attached hydrogen (secondary N) is 1. The summed E-state index contributed by atoms with van der Waals surface area (Å²) in [6, 6.07) is 11.3. The summed E-state index contributed by atoms with van der Waals surface area (Å²) < 4.78 is 5.36. The van der Waals surface area contributed by atoms with Crippen LogP contribution < -0.4 is 10.1 Å². The molecule has 0 saturated carbocycles. The molecule has 0 aromatic heterocycles. The van der Waals surface area contributed by atoms with E-state index in [1.54, 1.807) is 7.11 Å². The molecule has 0 bridgehead atoms. The molecular formula is C21H24Cl2N2O2. The maximum Gasteiger partial charge on any atom is 0.228 e.